The van der Waals surface area contributed by atoms with Gasteiger partial charge in [0.25, 0.3) is 0 Å². The second-order valence-corrected chi connectivity index (χ2v) is 9.35. The van der Waals surface area contributed by atoms with Crippen LogP contribution in [0.4, 0.5) is 5.69 Å². The SMILES string of the molecule is CC1CN(c2cnn(C(/C=C(\N)c3ccccc3O)=C(N)N)c2)CC(NC2CCCCC2)CO1. The number of aromatic nitrogens is 2. The summed E-state index contributed by atoms with van der Waals surface area (Å²) in [5.41, 5.74) is 20.5. The third kappa shape index (κ3) is 5.84. The molecule has 2 aliphatic rings. The van der Waals surface area contributed by atoms with Crippen LogP contribution in [0.15, 0.2) is 48.6 Å². The van der Waals surface area contributed by atoms with Crippen molar-refractivity contribution in [3.05, 3.63) is 54.1 Å². The normalized spacial score (nSPS) is 22.4. The lowest BCUT2D eigenvalue weighted by Gasteiger charge is -2.30. The van der Waals surface area contributed by atoms with Gasteiger partial charge in [-0.05, 0) is 38.0 Å². The van der Waals surface area contributed by atoms with E-state index in [0.29, 0.717) is 29.6 Å². The molecule has 9 heteroatoms. The second-order valence-electron chi connectivity index (χ2n) is 9.35. The third-order valence-electron chi connectivity index (χ3n) is 6.56. The lowest BCUT2D eigenvalue weighted by molar-refractivity contribution is 0.0663. The molecule has 0 radical (unpaired) electrons. The maximum Gasteiger partial charge on any atom is 0.124 e. The van der Waals surface area contributed by atoms with Gasteiger partial charge in [0, 0.05) is 36.4 Å². The van der Waals surface area contributed by atoms with E-state index in [-0.39, 0.29) is 23.7 Å². The van der Waals surface area contributed by atoms with Crippen molar-refractivity contribution in [1.82, 2.24) is 15.1 Å². The fourth-order valence-corrected chi connectivity index (χ4v) is 4.78. The van der Waals surface area contributed by atoms with E-state index >= 15 is 0 Å². The number of phenolic OH excluding ortho intramolecular Hbond substituents is 1. The zero-order valence-corrected chi connectivity index (χ0v) is 19.9. The highest BCUT2D eigenvalue weighted by Crippen LogP contribution is 2.25. The Morgan fingerprint density at radius 2 is 1.88 bits per heavy atom. The molecule has 1 aliphatic carbocycles. The van der Waals surface area contributed by atoms with Gasteiger partial charge in [0.2, 0.25) is 0 Å². The Kier molecular flexibility index (Phi) is 7.64. The first-order chi connectivity index (χ1) is 16.4. The zero-order chi connectivity index (χ0) is 24.1. The highest BCUT2D eigenvalue weighted by Gasteiger charge is 2.26. The number of nitrogens with two attached hydrogens (primary N) is 3. The first-order valence-corrected chi connectivity index (χ1v) is 12.1. The van der Waals surface area contributed by atoms with Gasteiger partial charge in [0.05, 0.1) is 30.8 Å². The Balaban J connectivity index is 1.53. The van der Waals surface area contributed by atoms with Gasteiger partial charge in [0.1, 0.15) is 17.3 Å². The number of para-hydroxylation sites is 1. The van der Waals surface area contributed by atoms with Crippen LogP contribution >= 0.6 is 0 Å². The topological polar surface area (TPSA) is 141 Å². The van der Waals surface area contributed by atoms with Gasteiger partial charge >= 0.3 is 0 Å². The van der Waals surface area contributed by atoms with Crippen molar-refractivity contribution in [3.8, 4) is 5.75 Å². The quantitative estimate of drug-likeness (QED) is 0.407. The lowest BCUT2D eigenvalue weighted by Crippen LogP contribution is -2.47. The van der Waals surface area contributed by atoms with E-state index in [9.17, 15) is 5.11 Å². The zero-order valence-electron chi connectivity index (χ0n) is 19.9. The van der Waals surface area contributed by atoms with Crippen LogP contribution in [0.1, 0.15) is 44.6 Å². The standard InChI is InChI=1S/C25H37N7O2/c1-17-13-31(14-19(16-34-17)30-18-7-3-2-4-8-18)20-12-29-32(15-20)23(25(27)28)11-22(26)21-9-5-6-10-24(21)33/h5-6,9-12,15,17-19,30,33H,2-4,7-8,13-14,16,26-28H2,1H3/b22-11-. The molecule has 9 nitrogen and oxygen atoms in total. The van der Waals surface area contributed by atoms with Crippen LogP contribution in [0.2, 0.25) is 0 Å². The van der Waals surface area contributed by atoms with Gasteiger partial charge in [-0.15, -0.1) is 0 Å². The summed E-state index contributed by atoms with van der Waals surface area (Å²) in [6.45, 7) is 4.39. The second kappa shape index (κ2) is 10.8. The van der Waals surface area contributed by atoms with Crippen molar-refractivity contribution in [2.24, 2.45) is 17.2 Å². The van der Waals surface area contributed by atoms with E-state index < -0.39 is 0 Å². The molecule has 8 N–H and O–H groups in total. The molecule has 4 rings (SSSR count). The molecule has 1 aromatic heterocycles. The highest BCUT2D eigenvalue weighted by atomic mass is 16.5. The van der Waals surface area contributed by atoms with Crippen molar-refractivity contribution in [1.29, 1.82) is 0 Å². The van der Waals surface area contributed by atoms with Gasteiger partial charge in [-0.1, -0.05) is 31.4 Å². The molecule has 2 heterocycles. The van der Waals surface area contributed by atoms with E-state index in [1.165, 1.54) is 32.1 Å². The summed E-state index contributed by atoms with van der Waals surface area (Å²) < 4.78 is 7.71. The lowest BCUT2D eigenvalue weighted by atomic mass is 9.95. The summed E-state index contributed by atoms with van der Waals surface area (Å²) in [4.78, 5) is 2.29. The van der Waals surface area contributed by atoms with E-state index in [1.54, 1.807) is 35.0 Å². The number of hydrogen-bond acceptors (Lipinski definition) is 8. The smallest absolute Gasteiger partial charge is 0.124 e. The highest BCUT2D eigenvalue weighted by molar-refractivity contribution is 5.78. The predicted molar refractivity (Wildman–Crippen MR) is 136 cm³/mol. The monoisotopic (exact) mass is 467 g/mol. The van der Waals surface area contributed by atoms with Gasteiger partial charge < -0.3 is 37.3 Å². The van der Waals surface area contributed by atoms with Crippen molar-refractivity contribution < 1.29 is 9.84 Å². The molecule has 1 saturated heterocycles. The average Bonchev–Trinajstić information content (AvgIpc) is 3.23. The number of aromatic hydroxyl groups is 1. The number of nitrogens with zero attached hydrogens (tertiary/aromatic N) is 3. The fourth-order valence-electron chi connectivity index (χ4n) is 4.78. The molecule has 184 valence electrons. The van der Waals surface area contributed by atoms with Crippen LogP contribution < -0.4 is 27.4 Å². The van der Waals surface area contributed by atoms with Crippen molar-refractivity contribution in [3.63, 3.8) is 0 Å². The van der Waals surface area contributed by atoms with Crippen LogP contribution in [-0.2, 0) is 4.74 Å². The molecule has 0 bridgehead atoms. The number of benzene rings is 1. The number of hydrogen-bond donors (Lipinski definition) is 5. The summed E-state index contributed by atoms with van der Waals surface area (Å²) >= 11 is 0. The minimum absolute atomic E-state index is 0.0810. The van der Waals surface area contributed by atoms with E-state index in [2.05, 4.69) is 22.2 Å². The molecule has 0 spiro atoms. The number of phenols is 1. The molecular formula is C25H37N7O2. The summed E-state index contributed by atoms with van der Waals surface area (Å²) in [6.07, 6.45) is 11.8. The van der Waals surface area contributed by atoms with Crippen LogP contribution in [0.3, 0.4) is 0 Å². The number of anilines is 1. The Labute approximate surface area is 201 Å². The summed E-state index contributed by atoms with van der Waals surface area (Å²) in [7, 11) is 0. The van der Waals surface area contributed by atoms with Crippen LogP contribution in [-0.4, -0.2) is 52.8 Å². The van der Waals surface area contributed by atoms with Gasteiger partial charge in [-0.2, -0.15) is 5.10 Å². The van der Waals surface area contributed by atoms with Crippen molar-refractivity contribution >= 4 is 17.1 Å². The van der Waals surface area contributed by atoms with Crippen LogP contribution in [0, 0.1) is 0 Å². The van der Waals surface area contributed by atoms with Gasteiger partial charge in [0.15, 0.2) is 0 Å². The molecule has 1 saturated carbocycles. The summed E-state index contributed by atoms with van der Waals surface area (Å²) in [5.74, 6) is 0.167. The molecule has 0 amide bonds. The number of nitrogens with one attached hydrogen (secondary N) is 1. The molecule has 34 heavy (non-hydrogen) atoms. The molecule has 2 fully saturated rings. The third-order valence-corrected chi connectivity index (χ3v) is 6.56. The van der Waals surface area contributed by atoms with E-state index in [0.717, 1.165) is 18.8 Å². The van der Waals surface area contributed by atoms with Gasteiger partial charge in [-0.25, -0.2) is 4.68 Å². The first kappa shape index (κ1) is 24.0. The van der Waals surface area contributed by atoms with Crippen LogP contribution in [0.5, 0.6) is 5.75 Å². The number of allylic oxidation sites excluding steroid dienone is 2. The Bertz CT molecular complexity index is 1020. The van der Waals surface area contributed by atoms with Crippen molar-refractivity contribution in [2.75, 3.05) is 24.6 Å². The average molecular weight is 468 g/mol. The van der Waals surface area contributed by atoms with Gasteiger partial charge in [-0.3, -0.25) is 0 Å². The van der Waals surface area contributed by atoms with Crippen LogP contribution in [0.25, 0.3) is 11.4 Å². The fraction of sp³-hybridized carbons (Fsp3) is 0.480. The Morgan fingerprint density at radius 3 is 2.62 bits per heavy atom. The maximum atomic E-state index is 10.1. The molecule has 1 aliphatic heterocycles. The number of rotatable bonds is 6. The molecular weight excluding hydrogens is 430 g/mol. The van der Waals surface area contributed by atoms with E-state index in [4.69, 9.17) is 21.9 Å². The molecule has 1 aromatic carbocycles. The minimum atomic E-state index is 0.0810. The predicted octanol–water partition coefficient (Wildman–Crippen LogP) is 2.15. The molecule has 2 aromatic rings. The largest absolute Gasteiger partial charge is 0.507 e. The summed E-state index contributed by atoms with van der Waals surface area (Å²) in [6, 6.07) is 7.67. The molecule has 2 unspecified atom stereocenters. The minimum Gasteiger partial charge on any atom is -0.507 e. The number of ether oxygens (including phenoxy) is 1. The Hall–Kier alpha value is -3.17. The molecule has 2 atom stereocenters. The van der Waals surface area contributed by atoms with Crippen molar-refractivity contribution in [2.45, 2.75) is 57.2 Å². The van der Waals surface area contributed by atoms with E-state index in [1.807, 2.05) is 12.4 Å². The summed E-state index contributed by atoms with van der Waals surface area (Å²) in [5, 5.41) is 18.5. The first-order valence-electron chi connectivity index (χ1n) is 12.1. The maximum absolute atomic E-state index is 10.1. The Morgan fingerprint density at radius 1 is 1.12 bits per heavy atom.